The van der Waals surface area contributed by atoms with Crippen LogP contribution < -0.4 is 0 Å². The van der Waals surface area contributed by atoms with Crippen LogP contribution in [0.4, 0.5) is 0 Å². The van der Waals surface area contributed by atoms with Gasteiger partial charge >= 0.3 is 5.91 Å². The molecule has 0 amide bonds. The minimum absolute atomic E-state index is 0.130. The lowest BCUT2D eigenvalue weighted by molar-refractivity contribution is -1.17. The van der Waals surface area contributed by atoms with Crippen molar-refractivity contribution in [2.45, 2.75) is 123 Å². The molecule has 4 rings (SSSR count). The highest BCUT2D eigenvalue weighted by Gasteiger charge is 2.84. The number of nitrogens with zero attached hydrogens (tertiary/aromatic N) is 4. The third-order valence-corrected chi connectivity index (χ3v) is 10.2. The molecule has 4 heteroatoms. The van der Waals surface area contributed by atoms with Gasteiger partial charge in [0.15, 0.2) is 0 Å². The Kier molecular flexibility index (Phi) is 5.26. The molecule has 0 radical (unpaired) electrons. The van der Waals surface area contributed by atoms with E-state index in [2.05, 4.69) is 65.2 Å². The zero-order chi connectivity index (χ0) is 21.3. The Labute approximate surface area is 181 Å². The van der Waals surface area contributed by atoms with Gasteiger partial charge in [0.05, 0.1) is 38.8 Å². The van der Waals surface area contributed by atoms with Crippen LogP contribution >= 0.6 is 0 Å². The average Bonchev–Trinajstić information content (AvgIpc) is 3.42. The minimum atomic E-state index is 0.130. The van der Waals surface area contributed by atoms with Gasteiger partial charge in [-0.15, -0.1) is 0 Å². The number of rotatable bonds is 4. The van der Waals surface area contributed by atoms with Crippen molar-refractivity contribution in [3.63, 3.8) is 0 Å². The minimum Gasteiger partial charge on any atom is -0.241 e. The molecule has 0 aromatic carbocycles. The quantitative estimate of drug-likeness (QED) is 0.629. The summed E-state index contributed by atoms with van der Waals surface area (Å²) in [4.78, 5) is 6.19. The lowest BCUT2D eigenvalue weighted by atomic mass is 9.94. The summed E-state index contributed by atoms with van der Waals surface area (Å²) in [6, 6.07) is 1.39. The second kappa shape index (κ2) is 6.92. The zero-order valence-electron chi connectivity index (χ0n) is 20.9. The van der Waals surface area contributed by atoms with E-state index in [1.165, 1.54) is 86.8 Å². The summed E-state index contributed by atoms with van der Waals surface area (Å²) in [5.74, 6) is 0.130. The van der Waals surface area contributed by atoms with Crippen LogP contribution in [0.3, 0.4) is 0 Å². The van der Waals surface area contributed by atoms with Crippen molar-refractivity contribution in [2.24, 2.45) is 0 Å². The molecule has 0 bridgehead atoms. The van der Waals surface area contributed by atoms with Gasteiger partial charge in [0.25, 0.3) is 0 Å². The van der Waals surface area contributed by atoms with Gasteiger partial charge in [-0.1, -0.05) is 13.8 Å². The van der Waals surface area contributed by atoms with Crippen LogP contribution in [0, 0.1) is 0 Å². The molecule has 4 nitrogen and oxygen atoms in total. The topological polar surface area (TPSA) is 6.48 Å². The van der Waals surface area contributed by atoms with Crippen molar-refractivity contribution in [3.05, 3.63) is 0 Å². The number of hydrogen-bond acceptors (Lipinski definition) is 2. The summed E-state index contributed by atoms with van der Waals surface area (Å²) in [7, 11) is 0. The summed E-state index contributed by atoms with van der Waals surface area (Å²) in [5, 5.41) is 0. The highest BCUT2D eigenvalue weighted by atomic mass is 15.9. The average molecular weight is 407 g/mol. The Morgan fingerprint density at radius 2 is 1.34 bits per heavy atom. The van der Waals surface area contributed by atoms with Gasteiger partial charge in [-0.05, 0) is 54.4 Å². The van der Waals surface area contributed by atoms with Crippen LogP contribution in [0.2, 0.25) is 0 Å². The molecule has 4 aliphatic rings. The maximum Gasteiger partial charge on any atom is 0.358 e. The summed E-state index contributed by atoms with van der Waals surface area (Å²) in [5.41, 5.74) is 0.461. The molecule has 0 saturated carbocycles. The summed E-state index contributed by atoms with van der Waals surface area (Å²) < 4.78 is 2.70. The van der Waals surface area contributed by atoms with Crippen LogP contribution in [-0.4, -0.2) is 87.1 Å². The van der Waals surface area contributed by atoms with Gasteiger partial charge in [-0.3, -0.25) is 0 Å². The summed E-state index contributed by atoms with van der Waals surface area (Å²) in [6.45, 7) is 28.4. The number of hydrogen-bond donors (Lipinski definition) is 0. The van der Waals surface area contributed by atoms with E-state index >= 15 is 0 Å². The second-order valence-electron chi connectivity index (χ2n) is 12.3. The van der Waals surface area contributed by atoms with Crippen molar-refractivity contribution >= 4 is 0 Å². The summed E-state index contributed by atoms with van der Waals surface area (Å²) in [6.07, 6.45) is 8.14. The lowest BCUT2D eigenvalue weighted by Gasteiger charge is -2.61. The van der Waals surface area contributed by atoms with Crippen LogP contribution in [0.5, 0.6) is 0 Å². The first-order valence-corrected chi connectivity index (χ1v) is 12.8. The Morgan fingerprint density at radius 3 is 1.86 bits per heavy atom. The Balaban J connectivity index is 2.04. The predicted octanol–water partition coefficient (Wildman–Crippen LogP) is 4.60. The Morgan fingerprint density at radius 1 is 0.828 bits per heavy atom. The van der Waals surface area contributed by atoms with Gasteiger partial charge in [0, 0.05) is 36.8 Å². The maximum atomic E-state index is 3.11. The zero-order valence-corrected chi connectivity index (χ0v) is 20.9. The normalized spacial score (nSPS) is 37.7. The first-order chi connectivity index (χ1) is 13.5. The molecule has 0 aromatic heterocycles. The monoisotopic (exact) mass is 406 g/mol. The van der Waals surface area contributed by atoms with E-state index in [1.54, 1.807) is 0 Å². The molecule has 3 spiro atoms. The molecule has 3 atom stereocenters. The SMILES string of the molecule is CCC(C)(C)N1CC(C)[N+]2(CCCC2)C12N(C(C)(C)CC)C(C)C[N+]21CCCC1. The van der Waals surface area contributed by atoms with Crippen LogP contribution in [0.25, 0.3) is 0 Å². The van der Waals surface area contributed by atoms with E-state index in [1.807, 2.05) is 0 Å². The van der Waals surface area contributed by atoms with Gasteiger partial charge in [0.1, 0.15) is 12.6 Å². The van der Waals surface area contributed by atoms with Crippen LogP contribution in [-0.2, 0) is 0 Å². The molecule has 4 fully saturated rings. The van der Waals surface area contributed by atoms with Crippen molar-refractivity contribution < 1.29 is 8.97 Å². The van der Waals surface area contributed by atoms with E-state index in [0.29, 0.717) is 6.04 Å². The molecular formula is C25H50N4+2. The molecule has 4 saturated heterocycles. The third-order valence-electron chi connectivity index (χ3n) is 10.2. The number of fused-ring (bicyclic) bond motifs is 2. The first-order valence-electron chi connectivity index (χ1n) is 12.8. The van der Waals surface area contributed by atoms with Gasteiger partial charge in [0.2, 0.25) is 0 Å². The Hall–Kier alpha value is -0.160. The van der Waals surface area contributed by atoms with Crippen molar-refractivity contribution in [1.82, 2.24) is 9.80 Å². The molecule has 168 valence electrons. The molecule has 3 unspecified atom stereocenters. The fourth-order valence-corrected chi connectivity index (χ4v) is 8.42. The smallest absolute Gasteiger partial charge is 0.241 e. The van der Waals surface area contributed by atoms with Crippen molar-refractivity contribution in [1.29, 1.82) is 0 Å². The highest BCUT2D eigenvalue weighted by molar-refractivity contribution is 5.04. The highest BCUT2D eigenvalue weighted by Crippen LogP contribution is 2.60. The second-order valence-corrected chi connectivity index (χ2v) is 12.3. The maximum absolute atomic E-state index is 3.11. The molecule has 0 N–H and O–H groups in total. The molecule has 0 aromatic rings. The van der Waals surface area contributed by atoms with Crippen LogP contribution in [0.15, 0.2) is 0 Å². The largest absolute Gasteiger partial charge is 0.358 e. The fraction of sp³-hybridized carbons (Fsp3) is 1.00. The molecular weight excluding hydrogens is 356 g/mol. The van der Waals surface area contributed by atoms with Gasteiger partial charge in [-0.2, -0.15) is 9.80 Å². The fourth-order valence-electron chi connectivity index (χ4n) is 8.42. The van der Waals surface area contributed by atoms with E-state index < -0.39 is 0 Å². The standard InChI is InChI=1S/C25H50N4/c1-9-23(5,6)26-19-22(4)29(17-13-14-18-29)25(26)27(24(7,8)10-2)21(3)20-28(25)15-11-12-16-28/h21-22H,9-20H2,1-8H3/q+2. The van der Waals surface area contributed by atoms with E-state index in [-0.39, 0.29) is 17.0 Å². The summed E-state index contributed by atoms with van der Waals surface area (Å²) >= 11 is 0. The van der Waals surface area contributed by atoms with Crippen LogP contribution in [0.1, 0.15) is 93.9 Å². The van der Waals surface area contributed by atoms with E-state index in [0.717, 1.165) is 6.04 Å². The lowest BCUT2D eigenvalue weighted by Crippen LogP contribution is -2.86. The predicted molar refractivity (Wildman–Crippen MR) is 122 cm³/mol. The molecule has 4 heterocycles. The Bertz CT molecular complexity index is 614. The van der Waals surface area contributed by atoms with E-state index in [9.17, 15) is 0 Å². The molecule has 0 aliphatic carbocycles. The third kappa shape index (κ3) is 2.58. The van der Waals surface area contributed by atoms with Crippen molar-refractivity contribution in [3.8, 4) is 0 Å². The molecule has 4 aliphatic heterocycles. The first kappa shape index (κ1) is 22.0. The molecule has 29 heavy (non-hydrogen) atoms. The van der Waals surface area contributed by atoms with E-state index in [4.69, 9.17) is 0 Å². The van der Waals surface area contributed by atoms with Gasteiger partial charge < -0.3 is 0 Å². The van der Waals surface area contributed by atoms with Gasteiger partial charge in [-0.25, -0.2) is 8.97 Å². The number of quaternary nitrogens is 2. The van der Waals surface area contributed by atoms with Crippen molar-refractivity contribution in [2.75, 3.05) is 39.3 Å².